The Labute approximate surface area is 222 Å². The first kappa shape index (κ1) is 25.6. The second-order valence-corrected chi connectivity index (χ2v) is 9.09. The van der Waals surface area contributed by atoms with Gasteiger partial charge in [-0.3, -0.25) is 4.90 Å². The summed E-state index contributed by atoms with van der Waals surface area (Å²) >= 11 is 0. The van der Waals surface area contributed by atoms with Gasteiger partial charge in [-0.05, 0) is 42.7 Å². The summed E-state index contributed by atoms with van der Waals surface area (Å²) in [5.41, 5.74) is 4.10. The fraction of sp³-hybridized carbons (Fsp3) is 0.393. The van der Waals surface area contributed by atoms with Gasteiger partial charge in [0.05, 0.1) is 38.6 Å². The summed E-state index contributed by atoms with van der Waals surface area (Å²) in [5.74, 6) is 2.93. The third kappa shape index (κ3) is 5.74. The third-order valence-corrected chi connectivity index (χ3v) is 6.67. The normalized spacial score (nSPS) is 14.7. The largest absolute Gasteiger partial charge is 0.493 e. The number of aromatic nitrogens is 2. The molecule has 0 bridgehead atoms. The molecule has 3 aromatic rings. The fourth-order valence-corrected chi connectivity index (χ4v) is 4.58. The van der Waals surface area contributed by atoms with Gasteiger partial charge in [-0.15, -0.1) is 0 Å². The molecule has 3 heterocycles. The van der Waals surface area contributed by atoms with Crippen molar-refractivity contribution >= 4 is 17.2 Å². The molecule has 38 heavy (non-hydrogen) atoms. The molecular weight excluding hydrogens is 484 g/mol. The van der Waals surface area contributed by atoms with Crippen LogP contribution in [0.2, 0.25) is 0 Å². The van der Waals surface area contributed by atoms with Gasteiger partial charge in [-0.25, -0.2) is 4.98 Å². The van der Waals surface area contributed by atoms with Crippen LogP contribution >= 0.6 is 0 Å². The van der Waals surface area contributed by atoms with Crippen LogP contribution in [0.1, 0.15) is 30.0 Å². The third-order valence-electron chi connectivity index (χ3n) is 6.67. The second-order valence-electron chi connectivity index (χ2n) is 9.09. The number of hydrogen-bond donors (Lipinski definition) is 2. The zero-order chi connectivity index (χ0) is 26.3. The zero-order valence-corrected chi connectivity index (χ0v) is 21.7. The van der Waals surface area contributed by atoms with Crippen LogP contribution in [0.4, 0.5) is 17.2 Å². The molecule has 2 aromatic carbocycles. The number of nitrogens with zero attached hydrogens (tertiary/aromatic N) is 4. The number of nitriles is 1. The first-order valence-corrected chi connectivity index (χ1v) is 12.9. The summed E-state index contributed by atoms with van der Waals surface area (Å²) in [6.45, 7) is 7.64. The summed E-state index contributed by atoms with van der Waals surface area (Å²) < 4.78 is 23.4. The van der Waals surface area contributed by atoms with E-state index in [9.17, 15) is 5.26 Å². The first-order valence-electron chi connectivity index (χ1n) is 12.9. The van der Waals surface area contributed by atoms with Crippen molar-refractivity contribution in [2.75, 3.05) is 57.2 Å². The Morgan fingerprint density at radius 2 is 2.03 bits per heavy atom. The van der Waals surface area contributed by atoms with E-state index < -0.39 is 0 Å². The number of anilines is 3. The summed E-state index contributed by atoms with van der Waals surface area (Å²) in [4.78, 5) is 11.2. The lowest BCUT2D eigenvalue weighted by molar-refractivity contribution is 0.0357. The van der Waals surface area contributed by atoms with E-state index in [-0.39, 0.29) is 0 Å². The number of nitrogens with one attached hydrogen (secondary N) is 2. The van der Waals surface area contributed by atoms with E-state index in [2.05, 4.69) is 38.5 Å². The predicted octanol–water partition coefficient (Wildman–Crippen LogP) is 4.48. The monoisotopic (exact) mass is 516 g/mol. The number of methoxy groups -OCH3 is 1. The number of fused-ring (bicyclic) bond motifs is 2. The lowest BCUT2D eigenvalue weighted by Crippen LogP contribution is -2.37. The minimum Gasteiger partial charge on any atom is -0.493 e. The van der Waals surface area contributed by atoms with E-state index in [0.29, 0.717) is 53.3 Å². The molecule has 2 aliphatic heterocycles. The smallest absolute Gasteiger partial charge is 0.248 e. The molecule has 2 N–H and O–H groups in total. The number of rotatable bonds is 9. The molecular formula is C28H32N6O4. The molecule has 5 rings (SSSR count). The summed E-state index contributed by atoms with van der Waals surface area (Å²) in [6, 6.07) is 11.6. The van der Waals surface area contributed by atoms with E-state index in [1.807, 2.05) is 24.3 Å². The topological polar surface area (TPSA) is 114 Å². The standard InChI is InChI=1S/C28H32N6O4/c1-3-20-13-19(16-29)5-6-22(20)33-27-26-28(32-18-31-27)38-23-15-24(35-2)25(14-21(23)17-30-26)37-10-4-7-34-8-11-36-12-9-34/h5-6,13-15,18,30H,3-4,7-12,17H2,1-2H3,(H,31,32,33). The van der Waals surface area contributed by atoms with E-state index >= 15 is 0 Å². The molecule has 1 fully saturated rings. The van der Waals surface area contributed by atoms with Crippen LogP contribution in [0, 0.1) is 11.3 Å². The Balaban J connectivity index is 1.31. The highest BCUT2D eigenvalue weighted by Gasteiger charge is 2.22. The molecule has 10 nitrogen and oxygen atoms in total. The predicted molar refractivity (Wildman–Crippen MR) is 144 cm³/mol. The van der Waals surface area contributed by atoms with Gasteiger partial charge in [0.1, 0.15) is 17.8 Å². The Hall–Kier alpha value is -4.07. The van der Waals surface area contributed by atoms with Crippen LogP contribution in [-0.2, 0) is 17.7 Å². The average molecular weight is 517 g/mol. The van der Waals surface area contributed by atoms with Gasteiger partial charge in [-0.2, -0.15) is 10.2 Å². The van der Waals surface area contributed by atoms with Crippen LogP contribution in [-0.4, -0.2) is 61.4 Å². The highest BCUT2D eigenvalue weighted by Crippen LogP contribution is 2.42. The average Bonchev–Trinajstić information content (AvgIpc) is 3.15. The SMILES string of the molecule is CCc1cc(C#N)ccc1Nc1ncnc2c1NCc1cc(OCCCN3CCOCC3)c(OC)cc1O2. The van der Waals surface area contributed by atoms with E-state index in [1.165, 1.54) is 6.33 Å². The minimum absolute atomic E-state index is 0.411. The van der Waals surface area contributed by atoms with E-state index in [4.69, 9.17) is 18.9 Å². The number of morpholine rings is 1. The lowest BCUT2D eigenvalue weighted by Gasteiger charge is -2.26. The molecule has 1 aromatic heterocycles. The van der Waals surface area contributed by atoms with Crippen molar-refractivity contribution in [1.29, 1.82) is 5.26 Å². The van der Waals surface area contributed by atoms with Gasteiger partial charge < -0.3 is 29.6 Å². The molecule has 0 unspecified atom stereocenters. The molecule has 1 saturated heterocycles. The van der Waals surface area contributed by atoms with Gasteiger partial charge in [0.15, 0.2) is 17.3 Å². The van der Waals surface area contributed by atoms with E-state index in [0.717, 1.165) is 62.5 Å². The van der Waals surface area contributed by atoms with Crippen molar-refractivity contribution in [2.24, 2.45) is 0 Å². The molecule has 198 valence electrons. The molecule has 2 aliphatic rings. The number of benzene rings is 2. The molecule has 10 heteroatoms. The van der Waals surface area contributed by atoms with Crippen LogP contribution < -0.4 is 24.8 Å². The van der Waals surface area contributed by atoms with Crippen molar-refractivity contribution in [3.05, 3.63) is 53.3 Å². The van der Waals surface area contributed by atoms with Crippen molar-refractivity contribution in [1.82, 2.24) is 14.9 Å². The van der Waals surface area contributed by atoms with Gasteiger partial charge in [0.2, 0.25) is 5.88 Å². The molecule has 0 saturated carbocycles. The minimum atomic E-state index is 0.411. The van der Waals surface area contributed by atoms with Crippen molar-refractivity contribution < 1.29 is 18.9 Å². The summed E-state index contributed by atoms with van der Waals surface area (Å²) in [6.07, 6.45) is 3.15. The fourth-order valence-electron chi connectivity index (χ4n) is 4.58. The first-order chi connectivity index (χ1) is 18.7. The molecule has 0 atom stereocenters. The maximum atomic E-state index is 9.24. The highest BCUT2D eigenvalue weighted by atomic mass is 16.5. The van der Waals surface area contributed by atoms with Crippen LogP contribution in [0.5, 0.6) is 23.1 Å². The summed E-state index contributed by atoms with van der Waals surface area (Å²) in [5, 5.41) is 16.1. The Morgan fingerprint density at radius 1 is 1.16 bits per heavy atom. The Morgan fingerprint density at radius 3 is 2.82 bits per heavy atom. The van der Waals surface area contributed by atoms with Crippen molar-refractivity contribution in [3.8, 4) is 29.2 Å². The zero-order valence-electron chi connectivity index (χ0n) is 21.7. The van der Waals surface area contributed by atoms with Gasteiger partial charge in [-0.1, -0.05) is 6.92 Å². The second kappa shape index (κ2) is 12.0. The van der Waals surface area contributed by atoms with Gasteiger partial charge in [0, 0.05) is 43.5 Å². The van der Waals surface area contributed by atoms with Gasteiger partial charge >= 0.3 is 0 Å². The van der Waals surface area contributed by atoms with Crippen molar-refractivity contribution in [2.45, 2.75) is 26.3 Å². The Kier molecular flexibility index (Phi) is 8.06. The highest BCUT2D eigenvalue weighted by molar-refractivity contribution is 5.77. The Bertz CT molecular complexity index is 1320. The van der Waals surface area contributed by atoms with Crippen LogP contribution in [0.25, 0.3) is 0 Å². The molecule has 0 radical (unpaired) electrons. The maximum absolute atomic E-state index is 9.24. The number of aryl methyl sites for hydroxylation is 1. The number of hydrogen-bond acceptors (Lipinski definition) is 10. The van der Waals surface area contributed by atoms with Crippen LogP contribution in [0.15, 0.2) is 36.7 Å². The molecule has 0 amide bonds. The van der Waals surface area contributed by atoms with Crippen LogP contribution in [0.3, 0.4) is 0 Å². The van der Waals surface area contributed by atoms with Gasteiger partial charge in [0.25, 0.3) is 0 Å². The summed E-state index contributed by atoms with van der Waals surface area (Å²) in [7, 11) is 1.62. The maximum Gasteiger partial charge on any atom is 0.248 e. The van der Waals surface area contributed by atoms with E-state index in [1.54, 1.807) is 13.2 Å². The molecule has 0 aliphatic carbocycles. The van der Waals surface area contributed by atoms with Crippen molar-refractivity contribution in [3.63, 3.8) is 0 Å². The number of ether oxygens (including phenoxy) is 4. The quantitative estimate of drug-likeness (QED) is 0.395. The lowest BCUT2D eigenvalue weighted by atomic mass is 10.1. The molecule has 0 spiro atoms.